The van der Waals surface area contributed by atoms with Gasteiger partial charge in [-0.15, -0.1) is 0 Å². The van der Waals surface area contributed by atoms with Gasteiger partial charge in [-0.3, -0.25) is 19.0 Å². The number of nitrogen functional groups attached to an aromatic ring is 1. The second-order valence-corrected chi connectivity index (χ2v) is 7.15. The van der Waals surface area contributed by atoms with Crippen LogP contribution in [0.3, 0.4) is 0 Å². The Balaban J connectivity index is 2.00. The number of carbonyl (C=O) groups is 2. The van der Waals surface area contributed by atoms with Crippen molar-refractivity contribution in [1.29, 1.82) is 0 Å². The van der Waals surface area contributed by atoms with Gasteiger partial charge in [0.1, 0.15) is 18.3 Å². The van der Waals surface area contributed by atoms with Crippen LogP contribution in [0.15, 0.2) is 11.0 Å². The molecule has 0 unspecified atom stereocenters. The van der Waals surface area contributed by atoms with Gasteiger partial charge in [-0.05, 0) is 6.42 Å². The van der Waals surface area contributed by atoms with E-state index in [0.717, 1.165) is 11.3 Å². The number of esters is 2. The van der Waals surface area contributed by atoms with Crippen molar-refractivity contribution in [2.24, 2.45) is 0 Å². The molecule has 0 spiro atoms. The maximum atomic E-state index is 12.6. The third kappa shape index (κ3) is 3.93. The fraction of sp³-hybridized carbons (Fsp3) is 0.562. The molecule has 1 fully saturated rings. The molecule has 0 aliphatic carbocycles. The number of nitrogens with two attached hydrogens (primary N) is 1. The highest BCUT2D eigenvalue weighted by Gasteiger charge is 2.44. The highest BCUT2D eigenvalue weighted by molar-refractivity contribution is 7.16. The van der Waals surface area contributed by atoms with E-state index in [1.54, 1.807) is 0 Å². The van der Waals surface area contributed by atoms with Gasteiger partial charge in [-0.2, -0.15) is 4.98 Å². The summed E-state index contributed by atoms with van der Waals surface area (Å²) in [6.45, 7) is 4.45. The molecule has 0 bridgehead atoms. The van der Waals surface area contributed by atoms with Gasteiger partial charge in [-0.1, -0.05) is 18.3 Å². The fourth-order valence-electron chi connectivity index (χ4n) is 3.16. The topological polar surface area (TPSA) is 136 Å². The van der Waals surface area contributed by atoms with Crippen molar-refractivity contribution in [2.45, 2.75) is 58.2 Å². The third-order valence-electron chi connectivity index (χ3n) is 4.18. The molecule has 0 amide bonds. The zero-order chi connectivity index (χ0) is 19.7. The Morgan fingerprint density at radius 1 is 1.44 bits per heavy atom. The van der Waals surface area contributed by atoms with Gasteiger partial charge >= 0.3 is 16.8 Å². The van der Waals surface area contributed by atoms with Gasteiger partial charge in [0, 0.05) is 20.3 Å². The van der Waals surface area contributed by atoms with Gasteiger partial charge in [0.05, 0.1) is 10.9 Å². The number of thiazole rings is 1. The number of carbonyl (C=O) groups excluding carboxylic acids is 2. The number of fused-ring (bicyclic) bond motifs is 1. The van der Waals surface area contributed by atoms with Crippen LogP contribution in [0.5, 0.6) is 0 Å². The molecule has 146 valence electrons. The molecule has 3 heterocycles. The van der Waals surface area contributed by atoms with Crippen molar-refractivity contribution in [3.63, 3.8) is 0 Å². The third-order valence-corrected chi connectivity index (χ3v) is 5.06. The minimum Gasteiger partial charge on any atom is -0.460 e. The molecule has 27 heavy (non-hydrogen) atoms. The molecular formula is C16H20N4O6S. The van der Waals surface area contributed by atoms with Crippen LogP contribution >= 0.6 is 11.3 Å². The first kappa shape index (κ1) is 19.2. The number of anilines is 1. The summed E-state index contributed by atoms with van der Waals surface area (Å²) in [5, 5.41) is 0. The Kier molecular flexibility index (Phi) is 5.42. The summed E-state index contributed by atoms with van der Waals surface area (Å²) < 4.78 is 18.5. The van der Waals surface area contributed by atoms with Crippen molar-refractivity contribution >= 4 is 39.6 Å². The minimum absolute atomic E-state index is 0.0129. The molecule has 2 aromatic rings. The molecule has 1 saturated heterocycles. The van der Waals surface area contributed by atoms with E-state index < -0.39 is 36.5 Å². The van der Waals surface area contributed by atoms with E-state index in [9.17, 15) is 14.4 Å². The molecule has 11 heteroatoms. The Labute approximate surface area is 158 Å². The highest BCUT2D eigenvalue weighted by Crippen LogP contribution is 2.36. The van der Waals surface area contributed by atoms with Crippen molar-refractivity contribution in [1.82, 2.24) is 14.5 Å². The molecule has 1 aliphatic rings. The molecule has 1 aliphatic heterocycles. The van der Waals surface area contributed by atoms with Gasteiger partial charge in [0.15, 0.2) is 11.9 Å². The average Bonchev–Trinajstić information content (AvgIpc) is 3.11. The van der Waals surface area contributed by atoms with Crippen LogP contribution in [-0.2, 0) is 23.8 Å². The zero-order valence-corrected chi connectivity index (χ0v) is 15.9. The van der Waals surface area contributed by atoms with Crippen molar-refractivity contribution < 1.29 is 23.8 Å². The summed E-state index contributed by atoms with van der Waals surface area (Å²) in [7, 11) is 0. The smallest absolute Gasteiger partial charge is 0.311 e. The number of nitrogens with zero attached hydrogens (tertiary/aromatic N) is 3. The fourth-order valence-corrected chi connectivity index (χ4v) is 3.98. The standard InChI is InChI=1S/C16H20N4O6S/c1-4-9(24-7(2)21)10-5-11(25-8(3)22)14(26-10)20-13-12(27-16(20)23)6-18-15(17)19-13/h6,9-11,14H,4-5H2,1-3H3,(H2,17,18,19)/t9-,10-,11+,14+/m0/s1. The molecule has 0 aromatic carbocycles. The molecule has 3 rings (SSSR count). The summed E-state index contributed by atoms with van der Waals surface area (Å²) >= 11 is 0.942. The first-order valence-electron chi connectivity index (χ1n) is 8.43. The lowest BCUT2D eigenvalue weighted by Gasteiger charge is -2.22. The largest absolute Gasteiger partial charge is 0.460 e. The number of hydrogen-bond donors (Lipinski definition) is 1. The highest BCUT2D eigenvalue weighted by atomic mass is 32.1. The summed E-state index contributed by atoms with van der Waals surface area (Å²) in [5.41, 5.74) is 5.96. The Bertz CT molecular complexity index is 925. The summed E-state index contributed by atoms with van der Waals surface area (Å²) in [6.07, 6.45) is -0.442. The monoisotopic (exact) mass is 396 g/mol. The van der Waals surface area contributed by atoms with Crippen molar-refractivity contribution in [3.05, 3.63) is 15.9 Å². The predicted octanol–water partition coefficient (Wildman–Crippen LogP) is 0.996. The lowest BCUT2D eigenvalue weighted by atomic mass is 10.1. The molecular weight excluding hydrogens is 376 g/mol. The Morgan fingerprint density at radius 2 is 2.19 bits per heavy atom. The minimum atomic E-state index is -0.904. The van der Waals surface area contributed by atoms with Gasteiger partial charge in [-0.25, -0.2) is 4.98 Å². The van der Waals surface area contributed by atoms with E-state index in [1.807, 2.05) is 6.92 Å². The second kappa shape index (κ2) is 7.61. The summed E-state index contributed by atoms with van der Waals surface area (Å²) in [5.74, 6) is -0.924. The molecule has 10 nitrogen and oxygen atoms in total. The molecule has 0 radical (unpaired) electrons. The number of rotatable bonds is 5. The quantitative estimate of drug-likeness (QED) is 0.734. The SMILES string of the molecule is CC[C@H](OC(C)=O)[C@@H]1C[C@@H](OC(C)=O)[C@H](n2c(=O)sc3cnc(N)nc32)O1. The molecule has 2 aromatic heterocycles. The van der Waals surface area contributed by atoms with E-state index in [1.165, 1.54) is 24.6 Å². The first-order valence-corrected chi connectivity index (χ1v) is 9.25. The average molecular weight is 396 g/mol. The van der Waals surface area contributed by atoms with Crippen LogP contribution in [-0.4, -0.2) is 44.8 Å². The van der Waals surface area contributed by atoms with Crippen molar-refractivity contribution in [2.75, 3.05) is 5.73 Å². The van der Waals surface area contributed by atoms with Crippen LogP contribution < -0.4 is 10.6 Å². The van der Waals surface area contributed by atoms with Gasteiger partial charge in [0.25, 0.3) is 0 Å². The number of hydrogen-bond acceptors (Lipinski definition) is 10. The first-order chi connectivity index (χ1) is 12.8. The Morgan fingerprint density at radius 3 is 2.81 bits per heavy atom. The van der Waals surface area contributed by atoms with E-state index in [2.05, 4.69) is 9.97 Å². The van der Waals surface area contributed by atoms with Gasteiger partial charge < -0.3 is 19.9 Å². The summed E-state index contributed by atoms with van der Waals surface area (Å²) in [6, 6.07) is 0. The Hall–Kier alpha value is -2.53. The van der Waals surface area contributed by atoms with Crippen molar-refractivity contribution in [3.8, 4) is 0 Å². The lowest BCUT2D eigenvalue weighted by molar-refractivity contribution is -0.158. The number of aromatic nitrogens is 3. The maximum absolute atomic E-state index is 12.6. The second-order valence-electron chi connectivity index (χ2n) is 6.16. The van der Waals surface area contributed by atoms with Crippen LogP contribution in [0, 0.1) is 0 Å². The van der Waals surface area contributed by atoms with E-state index in [4.69, 9.17) is 19.9 Å². The normalized spacial score (nSPS) is 23.3. The van der Waals surface area contributed by atoms with Crippen LogP contribution in [0.1, 0.15) is 39.8 Å². The summed E-state index contributed by atoms with van der Waals surface area (Å²) in [4.78, 5) is 43.1. The number of ether oxygens (including phenoxy) is 3. The van der Waals surface area contributed by atoms with Crippen LogP contribution in [0.4, 0.5) is 5.95 Å². The van der Waals surface area contributed by atoms with E-state index in [0.29, 0.717) is 16.8 Å². The van der Waals surface area contributed by atoms with Gasteiger partial charge in [0.2, 0.25) is 5.95 Å². The molecule has 4 atom stereocenters. The lowest BCUT2D eigenvalue weighted by Crippen LogP contribution is -2.31. The maximum Gasteiger partial charge on any atom is 0.311 e. The van der Waals surface area contributed by atoms with E-state index in [-0.39, 0.29) is 17.2 Å². The van der Waals surface area contributed by atoms with Crippen LogP contribution in [0.2, 0.25) is 0 Å². The van der Waals surface area contributed by atoms with E-state index >= 15 is 0 Å². The van der Waals surface area contributed by atoms with Crippen LogP contribution in [0.25, 0.3) is 10.3 Å². The molecule has 0 saturated carbocycles. The zero-order valence-electron chi connectivity index (χ0n) is 15.1. The predicted molar refractivity (Wildman–Crippen MR) is 96.0 cm³/mol. The molecule has 2 N–H and O–H groups in total.